The van der Waals surface area contributed by atoms with Gasteiger partial charge in [0, 0.05) is 37.1 Å². The largest absolute Gasteiger partial charge is 0.310 e. The SMILES string of the molecule is CN1CCCN(C)C(c2ncc(CNC3CC3)cn2)C1. The maximum absolute atomic E-state index is 4.61. The molecule has 1 N–H and O–H groups in total. The summed E-state index contributed by atoms with van der Waals surface area (Å²) in [5.74, 6) is 0.955. The van der Waals surface area contributed by atoms with Crippen LogP contribution in [0.25, 0.3) is 0 Å². The van der Waals surface area contributed by atoms with Gasteiger partial charge in [-0.25, -0.2) is 9.97 Å². The molecule has 0 amide bonds. The van der Waals surface area contributed by atoms with Crippen molar-refractivity contribution >= 4 is 0 Å². The summed E-state index contributed by atoms with van der Waals surface area (Å²) in [6, 6.07) is 1.05. The molecule has 1 aliphatic heterocycles. The first kappa shape index (κ1) is 13.9. The Labute approximate surface area is 121 Å². The van der Waals surface area contributed by atoms with Gasteiger partial charge in [0.15, 0.2) is 0 Å². The van der Waals surface area contributed by atoms with Crippen LogP contribution in [-0.2, 0) is 6.54 Å². The highest BCUT2D eigenvalue weighted by atomic mass is 15.2. The molecule has 1 atom stereocenters. The average molecular weight is 275 g/mol. The van der Waals surface area contributed by atoms with Gasteiger partial charge in [-0.05, 0) is 46.4 Å². The number of aromatic nitrogens is 2. The summed E-state index contributed by atoms with van der Waals surface area (Å²) in [4.78, 5) is 14.0. The van der Waals surface area contributed by atoms with Gasteiger partial charge in [-0.3, -0.25) is 4.90 Å². The lowest BCUT2D eigenvalue weighted by molar-refractivity contribution is 0.219. The Morgan fingerprint density at radius 1 is 1.20 bits per heavy atom. The molecule has 1 aromatic rings. The maximum Gasteiger partial charge on any atom is 0.146 e. The Kier molecular flexibility index (Phi) is 4.29. The van der Waals surface area contributed by atoms with E-state index in [1.165, 1.54) is 24.8 Å². The summed E-state index contributed by atoms with van der Waals surface area (Å²) in [6.45, 7) is 4.18. The Morgan fingerprint density at radius 3 is 2.65 bits per heavy atom. The molecular weight excluding hydrogens is 250 g/mol. The number of nitrogens with one attached hydrogen (secondary N) is 1. The van der Waals surface area contributed by atoms with E-state index in [1.54, 1.807) is 0 Å². The molecule has 1 saturated carbocycles. The van der Waals surface area contributed by atoms with Crippen molar-refractivity contribution in [2.24, 2.45) is 0 Å². The zero-order valence-corrected chi connectivity index (χ0v) is 12.5. The van der Waals surface area contributed by atoms with Crippen molar-refractivity contribution in [1.29, 1.82) is 0 Å². The first-order valence-electron chi connectivity index (χ1n) is 7.65. The molecule has 1 unspecified atom stereocenters. The highest BCUT2D eigenvalue weighted by Crippen LogP contribution is 2.21. The molecule has 1 aliphatic carbocycles. The van der Waals surface area contributed by atoms with Crippen molar-refractivity contribution in [2.75, 3.05) is 33.7 Å². The first-order valence-corrected chi connectivity index (χ1v) is 7.65. The fraction of sp³-hybridized carbons (Fsp3) is 0.733. The molecule has 0 bridgehead atoms. The summed E-state index contributed by atoms with van der Waals surface area (Å²) in [5.41, 5.74) is 1.19. The highest BCUT2D eigenvalue weighted by Gasteiger charge is 2.24. The number of rotatable bonds is 4. The van der Waals surface area contributed by atoms with Crippen molar-refractivity contribution in [1.82, 2.24) is 25.1 Å². The van der Waals surface area contributed by atoms with Gasteiger partial charge >= 0.3 is 0 Å². The van der Waals surface area contributed by atoms with E-state index in [2.05, 4.69) is 39.2 Å². The lowest BCUT2D eigenvalue weighted by Gasteiger charge is -2.26. The first-order chi connectivity index (χ1) is 9.72. The Morgan fingerprint density at radius 2 is 1.95 bits per heavy atom. The molecule has 2 aliphatic rings. The van der Waals surface area contributed by atoms with E-state index in [4.69, 9.17) is 0 Å². The third kappa shape index (κ3) is 3.53. The predicted octanol–water partition coefficient (Wildman–Crippen LogP) is 1.04. The minimum atomic E-state index is 0.313. The molecule has 20 heavy (non-hydrogen) atoms. The van der Waals surface area contributed by atoms with Gasteiger partial charge in [-0.1, -0.05) is 0 Å². The quantitative estimate of drug-likeness (QED) is 0.889. The van der Waals surface area contributed by atoms with Crippen LogP contribution in [-0.4, -0.2) is 59.5 Å². The second-order valence-electron chi connectivity index (χ2n) is 6.22. The fourth-order valence-electron chi connectivity index (χ4n) is 2.73. The maximum atomic E-state index is 4.61. The third-order valence-electron chi connectivity index (χ3n) is 4.26. The number of likely N-dealkylation sites (N-methyl/N-ethyl adjacent to an activating group) is 2. The molecule has 3 rings (SSSR count). The predicted molar refractivity (Wildman–Crippen MR) is 79.4 cm³/mol. The van der Waals surface area contributed by atoms with Crippen LogP contribution in [0.1, 0.15) is 36.7 Å². The van der Waals surface area contributed by atoms with Crippen LogP contribution in [0.4, 0.5) is 0 Å². The van der Waals surface area contributed by atoms with E-state index in [0.717, 1.165) is 38.0 Å². The molecule has 2 heterocycles. The second kappa shape index (κ2) is 6.16. The van der Waals surface area contributed by atoms with Crippen molar-refractivity contribution in [3.05, 3.63) is 23.8 Å². The standard InChI is InChI=1S/C15H25N5/c1-19-6-3-7-20(2)14(11-19)15-17-9-12(10-18-15)8-16-13-4-5-13/h9-10,13-14,16H,3-8,11H2,1-2H3. The van der Waals surface area contributed by atoms with E-state index >= 15 is 0 Å². The zero-order valence-electron chi connectivity index (χ0n) is 12.5. The average Bonchev–Trinajstić information content (AvgIpc) is 3.27. The summed E-state index contributed by atoms with van der Waals surface area (Å²) < 4.78 is 0. The van der Waals surface area contributed by atoms with Crippen molar-refractivity contribution in [2.45, 2.75) is 37.9 Å². The van der Waals surface area contributed by atoms with E-state index in [-0.39, 0.29) is 0 Å². The van der Waals surface area contributed by atoms with Gasteiger partial charge in [0.2, 0.25) is 0 Å². The fourth-order valence-corrected chi connectivity index (χ4v) is 2.73. The van der Waals surface area contributed by atoms with Gasteiger partial charge in [0.25, 0.3) is 0 Å². The molecule has 1 aromatic heterocycles. The highest BCUT2D eigenvalue weighted by molar-refractivity contribution is 5.08. The van der Waals surface area contributed by atoms with Crippen LogP contribution in [0.15, 0.2) is 12.4 Å². The Balaban J connectivity index is 1.65. The van der Waals surface area contributed by atoms with Crippen LogP contribution in [0.5, 0.6) is 0 Å². The molecule has 0 aromatic carbocycles. The van der Waals surface area contributed by atoms with Crippen LogP contribution in [0.2, 0.25) is 0 Å². The minimum Gasteiger partial charge on any atom is -0.310 e. The summed E-state index contributed by atoms with van der Waals surface area (Å²) in [5, 5.41) is 3.50. The molecule has 0 radical (unpaired) electrons. The summed E-state index contributed by atoms with van der Waals surface area (Å²) in [6.07, 6.45) is 7.82. The molecular formula is C15H25N5. The normalized spacial score (nSPS) is 25.6. The summed E-state index contributed by atoms with van der Waals surface area (Å²) in [7, 11) is 4.36. The van der Waals surface area contributed by atoms with E-state index in [1.807, 2.05) is 12.4 Å². The topological polar surface area (TPSA) is 44.3 Å². The van der Waals surface area contributed by atoms with Gasteiger partial charge in [0.05, 0.1) is 6.04 Å². The van der Waals surface area contributed by atoms with Crippen LogP contribution >= 0.6 is 0 Å². The molecule has 1 saturated heterocycles. The van der Waals surface area contributed by atoms with Gasteiger partial charge in [0.1, 0.15) is 5.82 Å². The lowest BCUT2D eigenvalue weighted by atomic mass is 10.2. The molecule has 110 valence electrons. The van der Waals surface area contributed by atoms with E-state index < -0.39 is 0 Å². The smallest absolute Gasteiger partial charge is 0.146 e. The third-order valence-corrected chi connectivity index (χ3v) is 4.26. The molecule has 5 heteroatoms. The number of hydrogen-bond donors (Lipinski definition) is 1. The monoisotopic (exact) mass is 275 g/mol. The van der Waals surface area contributed by atoms with Crippen LogP contribution in [0.3, 0.4) is 0 Å². The molecule has 0 spiro atoms. The van der Waals surface area contributed by atoms with E-state index in [0.29, 0.717) is 6.04 Å². The summed E-state index contributed by atoms with van der Waals surface area (Å²) >= 11 is 0. The van der Waals surface area contributed by atoms with Crippen molar-refractivity contribution < 1.29 is 0 Å². The zero-order chi connectivity index (χ0) is 13.9. The van der Waals surface area contributed by atoms with Crippen molar-refractivity contribution in [3.63, 3.8) is 0 Å². The van der Waals surface area contributed by atoms with E-state index in [9.17, 15) is 0 Å². The number of hydrogen-bond acceptors (Lipinski definition) is 5. The van der Waals surface area contributed by atoms with Crippen LogP contribution < -0.4 is 5.32 Å². The van der Waals surface area contributed by atoms with Gasteiger partial charge in [-0.15, -0.1) is 0 Å². The van der Waals surface area contributed by atoms with Gasteiger partial charge in [-0.2, -0.15) is 0 Å². The molecule has 2 fully saturated rings. The Bertz CT molecular complexity index is 428. The minimum absolute atomic E-state index is 0.313. The Hall–Kier alpha value is -1.04. The lowest BCUT2D eigenvalue weighted by Crippen LogP contribution is -2.32. The molecule has 5 nitrogen and oxygen atoms in total. The van der Waals surface area contributed by atoms with Crippen LogP contribution in [0, 0.1) is 0 Å². The number of nitrogens with zero attached hydrogens (tertiary/aromatic N) is 4. The van der Waals surface area contributed by atoms with Crippen molar-refractivity contribution in [3.8, 4) is 0 Å². The van der Waals surface area contributed by atoms with Gasteiger partial charge < -0.3 is 10.2 Å². The second-order valence-corrected chi connectivity index (χ2v) is 6.22.